The second-order valence-corrected chi connectivity index (χ2v) is 4.44. The summed E-state index contributed by atoms with van der Waals surface area (Å²) in [5, 5.41) is 4.42. The van der Waals surface area contributed by atoms with Gasteiger partial charge in [-0.15, -0.1) is 0 Å². The number of fused-ring (bicyclic) bond motifs is 1. The fourth-order valence-electron chi connectivity index (χ4n) is 1.71. The normalized spacial score (nSPS) is 11.7. The predicted octanol–water partition coefficient (Wildman–Crippen LogP) is 0.0443. The molecule has 9 heteroatoms. The highest BCUT2D eigenvalue weighted by atomic mass is 16.7. The lowest BCUT2D eigenvalue weighted by molar-refractivity contribution is -0.123. The highest BCUT2D eigenvalue weighted by molar-refractivity contribution is 5.97. The number of rotatable bonds is 6. The van der Waals surface area contributed by atoms with E-state index in [4.69, 9.17) is 18.9 Å². The monoisotopic (exact) mass is 324 g/mol. The Hall–Kier alpha value is -2.81. The summed E-state index contributed by atoms with van der Waals surface area (Å²) >= 11 is 0. The van der Waals surface area contributed by atoms with Gasteiger partial charge in [0.1, 0.15) is 0 Å². The molecule has 0 bridgehead atoms. The second kappa shape index (κ2) is 7.99. The van der Waals surface area contributed by atoms with Crippen LogP contribution in [0.15, 0.2) is 18.2 Å². The molecule has 0 saturated heterocycles. The molecule has 0 unspecified atom stereocenters. The number of methoxy groups -OCH3 is 1. The van der Waals surface area contributed by atoms with Crippen molar-refractivity contribution < 1.29 is 33.3 Å². The minimum Gasteiger partial charge on any atom is -0.454 e. The number of hydrogen-bond acceptors (Lipinski definition) is 7. The largest absolute Gasteiger partial charge is 0.454 e. The molecule has 1 aromatic rings. The van der Waals surface area contributed by atoms with E-state index in [1.807, 2.05) is 5.32 Å². The summed E-state index contributed by atoms with van der Waals surface area (Å²) in [7, 11) is 1.49. The zero-order valence-corrected chi connectivity index (χ0v) is 12.4. The summed E-state index contributed by atoms with van der Waals surface area (Å²) in [4.78, 5) is 34.6. The van der Waals surface area contributed by atoms with E-state index in [2.05, 4.69) is 5.32 Å². The Morgan fingerprint density at radius 1 is 1.22 bits per heavy atom. The Labute approximate surface area is 131 Å². The number of ether oxygens (including phenoxy) is 4. The minimum atomic E-state index is -0.742. The highest BCUT2D eigenvalue weighted by Crippen LogP contribution is 2.32. The van der Waals surface area contributed by atoms with Gasteiger partial charge in [0, 0.05) is 13.7 Å². The molecule has 1 aromatic carbocycles. The van der Waals surface area contributed by atoms with Crippen LogP contribution in [-0.2, 0) is 14.3 Å². The molecule has 1 aliphatic rings. The third kappa shape index (κ3) is 4.85. The van der Waals surface area contributed by atoms with Crippen molar-refractivity contribution in [2.24, 2.45) is 0 Å². The van der Waals surface area contributed by atoms with E-state index in [9.17, 15) is 14.4 Å². The van der Waals surface area contributed by atoms with Gasteiger partial charge in [0.25, 0.3) is 5.91 Å². The molecule has 0 radical (unpaired) electrons. The maximum atomic E-state index is 11.8. The molecule has 0 spiro atoms. The number of hydrogen-bond donors (Lipinski definition) is 2. The molecule has 2 N–H and O–H groups in total. The molecule has 1 aliphatic heterocycles. The van der Waals surface area contributed by atoms with Crippen molar-refractivity contribution in [2.45, 2.75) is 0 Å². The lowest BCUT2D eigenvalue weighted by Crippen LogP contribution is -2.42. The van der Waals surface area contributed by atoms with Crippen LogP contribution in [0.5, 0.6) is 11.5 Å². The van der Waals surface area contributed by atoms with Crippen LogP contribution < -0.4 is 20.1 Å². The van der Waals surface area contributed by atoms with Gasteiger partial charge >= 0.3 is 12.0 Å². The number of esters is 1. The number of benzene rings is 1. The van der Waals surface area contributed by atoms with Gasteiger partial charge in [0.2, 0.25) is 6.79 Å². The van der Waals surface area contributed by atoms with Gasteiger partial charge in [-0.2, -0.15) is 0 Å². The second-order valence-electron chi connectivity index (χ2n) is 4.44. The first-order valence-electron chi connectivity index (χ1n) is 6.73. The summed E-state index contributed by atoms with van der Waals surface area (Å²) in [6, 6.07) is 3.83. The van der Waals surface area contributed by atoms with Crippen molar-refractivity contribution in [1.82, 2.24) is 10.6 Å². The Morgan fingerprint density at radius 2 is 2.00 bits per heavy atom. The van der Waals surface area contributed by atoms with Gasteiger partial charge in [-0.05, 0) is 18.2 Å². The third-order valence-corrected chi connectivity index (χ3v) is 2.79. The zero-order valence-electron chi connectivity index (χ0n) is 12.4. The molecule has 1 heterocycles. The van der Waals surface area contributed by atoms with Gasteiger partial charge in [0.05, 0.1) is 12.2 Å². The quantitative estimate of drug-likeness (QED) is 0.561. The minimum absolute atomic E-state index is 0.0917. The average molecular weight is 324 g/mol. The number of nitrogens with one attached hydrogen (secondary N) is 2. The van der Waals surface area contributed by atoms with Crippen LogP contribution >= 0.6 is 0 Å². The maximum absolute atomic E-state index is 11.8. The Morgan fingerprint density at radius 3 is 2.78 bits per heavy atom. The predicted molar refractivity (Wildman–Crippen MR) is 76.3 cm³/mol. The number of carbonyl (C=O) groups is 3. The lowest BCUT2D eigenvalue weighted by atomic mass is 10.2. The van der Waals surface area contributed by atoms with Crippen LogP contribution in [0.2, 0.25) is 0 Å². The smallest absolute Gasteiger partial charge is 0.338 e. The van der Waals surface area contributed by atoms with Crippen molar-refractivity contribution >= 4 is 17.9 Å². The Balaban J connectivity index is 1.75. The first-order chi connectivity index (χ1) is 11.1. The average Bonchev–Trinajstić information content (AvgIpc) is 3.00. The summed E-state index contributed by atoms with van der Waals surface area (Å²) in [5.74, 6) is -0.485. The van der Waals surface area contributed by atoms with E-state index in [0.29, 0.717) is 18.1 Å². The molecular formula is C14H16N2O7. The van der Waals surface area contributed by atoms with Gasteiger partial charge in [-0.1, -0.05) is 0 Å². The van der Waals surface area contributed by atoms with Gasteiger partial charge in [0.15, 0.2) is 18.1 Å². The number of imide groups is 1. The Bertz CT molecular complexity index is 603. The van der Waals surface area contributed by atoms with Crippen LogP contribution in [0.1, 0.15) is 10.4 Å². The fraction of sp³-hybridized carbons (Fsp3) is 0.357. The van der Waals surface area contributed by atoms with Gasteiger partial charge in [-0.3, -0.25) is 10.1 Å². The van der Waals surface area contributed by atoms with Gasteiger partial charge < -0.3 is 24.3 Å². The zero-order chi connectivity index (χ0) is 16.7. The van der Waals surface area contributed by atoms with E-state index in [0.717, 1.165) is 0 Å². The topological polar surface area (TPSA) is 112 Å². The summed E-state index contributed by atoms with van der Waals surface area (Å²) in [6.07, 6.45) is 0. The first kappa shape index (κ1) is 16.6. The van der Waals surface area contributed by atoms with E-state index in [1.165, 1.54) is 19.2 Å². The molecule has 0 aliphatic carbocycles. The molecule has 9 nitrogen and oxygen atoms in total. The van der Waals surface area contributed by atoms with Crippen LogP contribution in [0, 0.1) is 0 Å². The number of urea groups is 1. The number of carbonyl (C=O) groups excluding carboxylic acids is 3. The fourth-order valence-corrected chi connectivity index (χ4v) is 1.71. The molecular weight excluding hydrogens is 308 g/mol. The molecule has 0 atom stereocenters. The van der Waals surface area contributed by atoms with E-state index >= 15 is 0 Å². The van der Waals surface area contributed by atoms with Crippen molar-refractivity contribution in [3.05, 3.63) is 23.8 Å². The van der Waals surface area contributed by atoms with Crippen molar-refractivity contribution in [2.75, 3.05) is 33.7 Å². The van der Waals surface area contributed by atoms with Crippen molar-refractivity contribution in [3.8, 4) is 11.5 Å². The van der Waals surface area contributed by atoms with Crippen molar-refractivity contribution in [3.63, 3.8) is 0 Å². The van der Waals surface area contributed by atoms with Crippen molar-refractivity contribution in [1.29, 1.82) is 0 Å². The van der Waals surface area contributed by atoms with Crippen LogP contribution in [0.25, 0.3) is 0 Å². The van der Waals surface area contributed by atoms with Gasteiger partial charge in [-0.25, -0.2) is 9.59 Å². The highest BCUT2D eigenvalue weighted by Gasteiger charge is 2.18. The molecule has 124 valence electrons. The molecule has 0 aromatic heterocycles. The van der Waals surface area contributed by atoms with E-state index < -0.39 is 24.5 Å². The van der Waals surface area contributed by atoms with Crippen LogP contribution in [-0.4, -0.2) is 51.6 Å². The number of amides is 3. The molecule has 2 rings (SSSR count). The molecule has 0 fully saturated rings. The van der Waals surface area contributed by atoms with E-state index in [1.54, 1.807) is 6.07 Å². The Kier molecular flexibility index (Phi) is 5.75. The summed E-state index contributed by atoms with van der Waals surface area (Å²) < 4.78 is 19.8. The molecule has 23 heavy (non-hydrogen) atoms. The SMILES string of the molecule is COCCNC(=O)NC(=O)COC(=O)c1ccc2c(c1)OCO2. The van der Waals surface area contributed by atoms with Crippen LogP contribution in [0.4, 0.5) is 4.79 Å². The lowest BCUT2D eigenvalue weighted by Gasteiger charge is -2.07. The third-order valence-electron chi connectivity index (χ3n) is 2.79. The summed E-state index contributed by atoms with van der Waals surface area (Å²) in [5.41, 5.74) is 0.214. The van der Waals surface area contributed by atoms with Crippen LogP contribution in [0.3, 0.4) is 0 Å². The maximum Gasteiger partial charge on any atom is 0.338 e. The molecule has 3 amide bonds. The standard InChI is InChI=1S/C14H16N2O7/c1-20-5-4-15-14(19)16-12(17)7-21-13(18)9-2-3-10-11(6-9)23-8-22-10/h2-3,6H,4-5,7-8H2,1H3,(H2,15,16,17,19). The van der Waals surface area contributed by atoms with E-state index in [-0.39, 0.29) is 18.9 Å². The first-order valence-corrected chi connectivity index (χ1v) is 6.73. The summed E-state index contributed by atoms with van der Waals surface area (Å²) in [6.45, 7) is 0.0900. The molecule has 0 saturated carbocycles.